The number of halogens is 2. The van der Waals surface area contributed by atoms with Crippen molar-refractivity contribution in [3.63, 3.8) is 0 Å². The maximum atomic E-state index is 12.5. The first-order chi connectivity index (χ1) is 11.0. The highest BCUT2D eigenvalue weighted by molar-refractivity contribution is 7.91. The summed E-state index contributed by atoms with van der Waals surface area (Å²) in [6.07, 6.45) is 2.07. The molecule has 0 heterocycles. The molecule has 132 valence electrons. The third-order valence-electron chi connectivity index (χ3n) is 4.39. The Balaban J connectivity index is 2.10. The molecule has 0 aromatic heterocycles. The lowest BCUT2D eigenvalue weighted by Crippen LogP contribution is -2.17. The predicted octanol–water partition coefficient (Wildman–Crippen LogP) is 3.86. The van der Waals surface area contributed by atoms with Crippen molar-refractivity contribution in [2.24, 2.45) is 17.3 Å². The van der Waals surface area contributed by atoms with E-state index in [0.717, 1.165) is 17.7 Å². The number of carbonyl (C=O) groups excluding carboxylic acids is 1. The van der Waals surface area contributed by atoms with Crippen LogP contribution in [0.3, 0.4) is 0 Å². The Morgan fingerprint density at radius 2 is 1.75 bits per heavy atom. The molecule has 1 aliphatic carbocycles. The number of nitrogens with one attached hydrogen (secondary N) is 1. The number of rotatable bonds is 5. The first-order valence-corrected chi connectivity index (χ1v) is 9.10. The number of anilines is 1. The number of alkyl halides is 2. The maximum Gasteiger partial charge on any atom is 0.341 e. The molecule has 1 aromatic rings. The second kappa shape index (κ2) is 6.27. The lowest BCUT2D eigenvalue weighted by Gasteiger charge is -2.08. The highest BCUT2D eigenvalue weighted by atomic mass is 32.2. The number of benzene rings is 1. The number of hydrogen-bond acceptors (Lipinski definition) is 3. The molecule has 4 nitrogen and oxygen atoms in total. The molecule has 0 radical (unpaired) electrons. The fraction of sp³-hybridized carbons (Fsp3) is 0.471. The van der Waals surface area contributed by atoms with Gasteiger partial charge in [0.2, 0.25) is 15.7 Å². The third kappa shape index (κ3) is 3.50. The van der Waals surface area contributed by atoms with Crippen LogP contribution >= 0.6 is 0 Å². The van der Waals surface area contributed by atoms with Crippen molar-refractivity contribution in [2.45, 2.75) is 38.3 Å². The largest absolute Gasteiger partial charge is 0.341 e. The minimum Gasteiger partial charge on any atom is -0.326 e. The van der Waals surface area contributed by atoms with Gasteiger partial charge in [0.1, 0.15) is 0 Å². The first kappa shape index (κ1) is 18.6. The summed E-state index contributed by atoms with van der Waals surface area (Å²) < 4.78 is 47.7. The van der Waals surface area contributed by atoms with Crippen LogP contribution in [0.25, 0.3) is 0 Å². The van der Waals surface area contributed by atoms with Crippen LogP contribution in [0.15, 0.2) is 40.8 Å². The lowest BCUT2D eigenvalue weighted by molar-refractivity contribution is -0.118. The van der Waals surface area contributed by atoms with E-state index in [4.69, 9.17) is 0 Å². The monoisotopic (exact) mass is 357 g/mol. The number of sulfone groups is 1. The Morgan fingerprint density at radius 3 is 2.21 bits per heavy atom. The summed E-state index contributed by atoms with van der Waals surface area (Å²) in [5, 5.41) is 2.72. The van der Waals surface area contributed by atoms with Crippen LogP contribution in [-0.4, -0.2) is 20.1 Å². The van der Waals surface area contributed by atoms with E-state index >= 15 is 0 Å². The van der Waals surface area contributed by atoms with E-state index in [2.05, 4.69) is 11.4 Å². The van der Waals surface area contributed by atoms with Gasteiger partial charge in [0.15, 0.2) is 0 Å². The van der Waals surface area contributed by atoms with Gasteiger partial charge < -0.3 is 5.32 Å². The van der Waals surface area contributed by atoms with Gasteiger partial charge in [0.25, 0.3) is 0 Å². The van der Waals surface area contributed by atoms with Crippen molar-refractivity contribution in [1.29, 1.82) is 0 Å². The highest BCUT2D eigenvalue weighted by Gasteiger charge is 2.60. The molecule has 0 aliphatic heterocycles. The quantitative estimate of drug-likeness (QED) is 0.814. The summed E-state index contributed by atoms with van der Waals surface area (Å²) in [6, 6.07) is 4.78. The molecule has 0 spiro atoms. The summed E-state index contributed by atoms with van der Waals surface area (Å²) in [7, 11) is -4.62. The number of carbonyl (C=O) groups is 1. The van der Waals surface area contributed by atoms with Crippen LogP contribution in [0.1, 0.15) is 27.7 Å². The SMILES string of the molecule is CC(C)=C[C@@H]1[C@@H](C(=O)Nc2ccc(S(=O)(=O)C(F)F)cc2)C1(C)C. The van der Waals surface area contributed by atoms with Crippen LogP contribution in [0.2, 0.25) is 0 Å². The van der Waals surface area contributed by atoms with Gasteiger partial charge in [-0.3, -0.25) is 4.79 Å². The van der Waals surface area contributed by atoms with Gasteiger partial charge in [-0.05, 0) is 49.4 Å². The minimum atomic E-state index is -4.62. The Bertz CT molecular complexity index is 764. The Kier molecular flexibility index (Phi) is 4.86. The molecule has 1 saturated carbocycles. The van der Waals surface area contributed by atoms with Crippen LogP contribution in [0, 0.1) is 17.3 Å². The van der Waals surface area contributed by atoms with E-state index in [1.165, 1.54) is 12.1 Å². The van der Waals surface area contributed by atoms with Crippen molar-refractivity contribution in [2.75, 3.05) is 5.32 Å². The summed E-state index contributed by atoms with van der Waals surface area (Å²) in [4.78, 5) is 11.9. The molecule has 2 rings (SSSR count). The van der Waals surface area contributed by atoms with E-state index < -0.39 is 20.5 Å². The zero-order valence-corrected chi connectivity index (χ0v) is 14.8. The number of allylic oxidation sites excluding steroid dienone is 2. The third-order valence-corrected chi connectivity index (χ3v) is 5.79. The van der Waals surface area contributed by atoms with Gasteiger partial charge in [-0.2, -0.15) is 8.78 Å². The van der Waals surface area contributed by atoms with Gasteiger partial charge in [0.05, 0.1) is 10.8 Å². The molecule has 1 aromatic carbocycles. The molecular formula is C17H21F2NO3S. The zero-order valence-electron chi connectivity index (χ0n) is 14.0. The second-order valence-electron chi connectivity index (χ2n) is 6.89. The smallest absolute Gasteiger partial charge is 0.326 e. The topological polar surface area (TPSA) is 63.2 Å². The van der Waals surface area contributed by atoms with Gasteiger partial charge in [0, 0.05) is 5.69 Å². The van der Waals surface area contributed by atoms with Crippen LogP contribution in [0.5, 0.6) is 0 Å². The summed E-state index contributed by atoms with van der Waals surface area (Å²) in [5.74, 6) is -3.64. The minimum absolute atomic E-state index is 0.139. The van der Waals surface area contributed by atoms with Gasteiger partial charge in [-0.25, -0.2) is 8.42 Å². The average molecular weight is 357 g/mol. The highest BCUT2D eigenvalue weighted by Crippen LogP contribution is 2.59. The zero-order chi connectivity index (χ0) is 18.3. The van der Waals surface area contributed by atoms with Crippen molar-refractivity contribution < 1.29 is 22.0 Å². The number of amides is 1. The molecule has 1 fully saturated rings. The summed E-state index contributed by atoms with van der Waals surface area (Å²) in [5.41, 5.74) is 1.39. The molecule has 0 saturated heterocycles. The lowest BCUT2D eigenvalue weighted by atomic mass is 10.1. The first-order valence-electron chi connectivity index (χ1n) is 7.56. The van der Waals surface area contributed by atoms with E-state index in [-0.39, 0.29) is 23.2 Å². The Hall–Kier alpha value is -1.76. The van der Waals surface area contributed by atoms with Gasteiger partial charge in [-0.15, -0.1) is 0 Å². The maximum absolute atomic E-state index is 12.5. The molecule has 1 aliphatic rings. The Morgan fingerprint density at radius 1 is 1.21 bits per heavy atom. The van der Waals surface area contributed by atoms with Crippen molar-refractivity contribution >= 4 is 21.4 Å². The fourth-order valence-corrected chi connectivity index (χ4v) is 3.62. The molecule has 2 atom stereocenters. The Labute approximate surface area is 140 Å². The van der Waals surface area contributed by atoms with Crippen molar-refractivity contribution in [3.8, 4) is 0 Å². The van der Waals surface area contributed by atoms with E-state index in [0.29, 0.717) is 5.69 Å². The van der Waals surface area contributed by atoms with Gasteiger partial charge >= 0.3 is 5.76 Å². The van der Waals surface area contributed by atoms with E-state index in [1.807, 2.05) is 27.7 Å². The molecule has 24 heavy (non-hydrogen) atoms. The predicted molar refractivity (Wildman–Crippen MR) is 88.5 cm³/mol. The van der Waals surface area contributed by atoms with Crippen molar-refractivity contribution in [3.05, 3.63) is 35.9 Å². The van der Waals surface area contributed by atoms with E-state index in [1.54, 1.807) is 0 Å². The molecule has 0 unspecified atom stereocenters. The van der Waals surface area contributed by atoms with Crippen LogP contribution in [0.4, 0.5) is 14.5 Å². The molecule has 0 bridgehead atoms. The summed E-state index contributed by atoms with van der Waals surface area (Å²) in [6.45, 7) is 7.98. The van der Waals surface area contributed by atoms with Crippen LogP contribution in [-0.2, 0) is 14.6 Å². The normalized spacial score (nSPS) is 22.1. The molecule has 7 heteroatoms. The fourth-order valence-electron chi connectivity index (χ4n) is 2.90. The number of hydrogen-bond donors (Lipinski definition) is 1. The van der Waals surface area contributed by atoms with E-state index in [9.17, 15) is 22.0 Å². The molecule has 1 N–H and O–H groups in total. The summed E-state index contributed by atoms with van der Waals surface area (Å²) >= 11 is 0. The average Bonchev–Trinajstić information content (AvgIpc) is 2.99. The standard InChI is InChI=1S/C17H21F2NO3S/c1-10(2)9-13-14(17(13,3)4)15(21)20-11-5-7-12(8-6-11)24(22,23)16(18)19/h5-9,13-14,16H,1-4H3,(H,20,21)/t13-,14+/m1/s1. The van der Waals surface area contributed by atoms with Crippen LogP contribution < -0.4 is 5.32 Å². The molecule has 1 amide bonds. The van der Waals surface area contributed by atoms with Crippen molar-refractivity contribution in [1.82, 2.24) is 0 Å². The van der Waals surface area contributed by atoms with Gasteiger partial charge in [-0.1, -0.05) is 25.5 Å². The second-order valence-corrected chi connectivity index (χ2v) is 8.81. The molecular weight excluding hydrogens is 336 g/mol.